The highest BCUT2D eigenvalue weighted by molar-refractivity contribution is 5.42. The average molecular weight is 316 g/mol. The van der Waals surface area contributed by atoms with Crippen LogP contribution in [0.4, 0.5) is 0 Å². The van der Waals surface area contributed by atoms with Crippen molar-refractivity contribution >= 4 is 0 Å². The fraction of sp³-hybridized carbons (Fsp3) is 0.529. The van der Waals surface area contributed by atoms with E-state index in [2.05, 4.69) is 35.3 Å². The van der Waals surface area contributed by atoms with Gasteiger partial charge in [0.25, 0.3) is 0 Å². The third-order valence-electron chi connectivity index (χ3n) is 4.99. The van der Waals surface area contributed by atoms with E-state index in [1.54, 1.807) is 0 Å². The molecule has 1 fully saturated rings. The Morgan fingerprint density at radius 1 is 1.35 bits per heavy atom. The van der Waals surface area contributed by atoms with Gasteiger partial charge in [0.1, 0.15) is 5.75 Å². The first-order valence-corrected chi connectivity index (χ1v) is 8.24. The van der Waals surface area contributed by atoms with Crippen LogP contribution in [0.2, 0.25) is 0 Å². The molecule has 3 atom stereocenters. The Morgan fingerprint density at radius 2 is 2.22 bits per heavy atom. The predicted molar refractivity (Wildman–Crippen MR) is 87.3 cm³/mol. The number of hydrogen-bond acceptors (Lipinski definition) is 6. The van der Waals surface area contributed by atoms with Crippen LogP contribution in [-0.4, -0.2) is 35.9 Å². The lowest BCUT2D eigenvalue weighted by Gasteiger charge is -2.41. The molecule has 124 valence electrons. The van der Waals surface area contributed by atoms with Crippen LogP contribution in [0.15, 0.2) is 30.1 Å². The van der Waals surface area contributed by atoms with Gasteiger partial charge in [0.05, 0.1) is 23.9 Å². The molecular weight excluding hydrogens is 292 g/mol. The second kappa shape index (κ2) is 5.40. The van der Waals surface area contributed by atoms with Crippen LogP contribution in [-0.2, 0) is 12.0 Å². The van der Waals surface area contributed by atoms with Crippen LogP contribution in [0.25, 0.3) is 0 Å². The molecule has 0 amide bonds. The molecule has 4 N–H and O–H groups in total. The maximum atomic E-state index is 11.4. The molecule has 3 aliphatic heterocycles. The molecule has 1 aromatic rings. The molecule has 1 aromatic carbocycles. The highest BCUT2D eigenvalue weighted by Crippen LogP contribution is 2.39. The molecule has 3 aliphatic rings. The monoisotopic (exact) mass is 316 g/mol. The summed E-state index contributed by atoms with van der Waals surface area (Å²) < 4.78 is 5.68. The van der Waals surface area contributed by atoms with E-state index in [-0.39, 0.29) is 12.1 Å². The molecule has 0 spiro atoms. The topological polar surface area (TPSA) is 68.8 Å². The van der Waals surface area contributed by atoms with Gasteiger partial charge in [-0.15, -0.1) is 5.53 Å². The number of piperidine rings is 1. The van der Waals surface area contributed by atoms with E-state index < -0.39 is 5.60 Å². The first-order chi connectivity index (χ1) is 11.0. The Kier molecular flexibility index (Phi) is 3.48. The lowest BCUT2D eigenvalue weighted by atomic mass is 9.78. The fourth-order valence-corrected chi connectivity index (χ4v) is 3.88. The highest BCUT2D eigenvalue weighted by atomic mass is 16.5. The summed E-state index contributed by atoms with van der Waals surface area (Å²) in [5, 5.41) is 16.8. The number of ether oxygens (including phenoxy) is 1. The zero-order valence-corrected chi connectivity index (χ0v) is 13.6. The second-order valence-electron chi connectivity index (χ2n) is 6.91. The van der Waals surface area contributed by atoms with Crippen molar-refractivity contribution in [3.05, 3.63) is 41.2 Å². The van der Waals surface area contributed by atoms with Crippen LogP contribution in [0, 0.1) is 0 Å². The van der Waals surface area contributed by atoms with Crippen molar-refractivity contribution in [2.45, 2.75) is 43.9 Å². The number of nitrogens with one attached hydrogen (secondary N) is 3. The molecule has 6 heteroatoms. The van der Waals surface area contributed by atoms with Crippen LogP contribution in [0.1, 0.15) is 30.9 Å². The number of benzene rings is 1. The van der Waals surface area contributed by atoms with Crippen LogP contribution < -0.4 is 21.0 Å². The minimum Gasteiger partial charge on any atom is -0.493 e. The molecule has 3 heterocycles. The van der Waals surface area contributed by atoms with Crippen LogP contribution in [0.5, 0.6) is 5.75 Å². The molecule has 0 aliphatic carbocycles. The maximum absolute atomic E-state index is 11.4. The summed E-state index contributed by atoms with van der Waals surface area (Å²) in [5.74, 6) is 0.929. The first-order valence-electron chi connectivity index (χ1n) is 8.24. The smallest absolute Gasteiger partial charge is 0.123 e. The fourth-order valence-electron chi connectivity index (χ4n) is 3.88. The van der Waals surface area contributed by atoms with E-state index in [0.717, 1.165) is 30.0 Å². The molecule has 4 rings (SSSR count). The number of fused-ring (bicyclic) bond motifs is 1. The normalized spacial score (nSPS) is 33.0. The molecule has 0 saturated carbocycles. The van der Waals surface area contributed by atoms with Gasteiger partial charge in [-0.3, -0.25) is 5.01 Å². The Labute approximate surface area is 136 Å². The second-order valence-corrected chi connectivity index (χ2v) is 6.91. The first kappa shape index (κ1) is 14.8. The van der Waals surface area contributed by atoms with Gasteiger partial charge in [-0.2, -0.15) is 0 Å². The summed E-state index contributed by atoms with van der Waals surface area (Å²) in [6.45, 7) is 2.86. The third kappa shape index (κ3) is 2.67. The Balaban J connectivity index is 1.62. The number of hydrogen-bond donors (Lipinski definition) is 4. The minimum atomic E-state index is -0.847. The van der Waals surface area contributed by atoms with E-state index in [1.807, 2.05) is 24.3 Å². The van der Waals surface area contributed by atoms with Gasteiger partial charge < -0.3 is 20.6 Å². The van der Waals surface area contributed by atoms with E-state index in [9.17, 15) is 5.11 Å². The van der Waals surface area contributed by atoms with Crippen molar-refractivity contribution < 1.29 is 9.84 Å². The van der Waals surface area contributed by atoms with E-state index in [4.69, 9.17) is 4.74 Å². The lowest BCUT2D eigenvalue weighted by Crippen LogP contribution is -2.53. The van der Waals surface area contributed by atoms with Gasteiger partial charge in [-0.05, 0) is 30.5 Å². The molecule has 0 bridgehead atoms. The average Bonchev–Trinajstić information content (AvgIpc) is 3.14. The third-order valence-corrected chi connectivity index (χ3v) is 4.99. The van der Waals surface area contributed by atoms with Gasteiger partial charge in [0.2, 0.25) is 0 Å². The van der Waals surface area contributed by atoms with Crippen molar-refractivity contribution in [2.75, 3.05) is 13.7 Å². The summed E-state index contributed by atoms with van der Waals surface area (Å²) in [5.41, 5.74) is 8.59. The van der Waals surface area contributed by atoms with E-state index in [1.165, 1.54) is 5.56 Å². The molecule has 0 unspecified atom stereocenters. The number of nitrogens with zero attached hydrogens (tertiary/aromatic N) is 1. The Morgan fingerprint density at radius 3 is 3.00 bits per heavy atom. The standard InChI is InChI=1S/C17H24N4O2/c1-11-8-17(22,9-14(18-11)15-10-21(2)20-19-15)13-4-3-12-5-6-23-16(12)7-13/h3-4,7,10-11,14,18-20,22H,5-6,8-9H2,1-2H3/t11-,14-,17-/m0/s1. The van der Waals surface area contributed by atoms with Crippen LogP contribution in [0.3, 0.4) is 0 Å². The molecule has 6 nitrogen and oxygen atoms in total. The molecule has 23 heavy (non-hydrogen) atoms. The number of rotatable bonds is 2. The maximum Gasteiger partial charge on any atom is 0.123 e. The van der Waals surface area contributed by atoms with Crippen molar-refractivity contribution in [2.24, 2.45) is 0 Å². The summed E-state index contributed by atoms with van der Waals surface area (Å²) in [6, 6.07) is 6.48. The summed E-state index contributed by atoms with van der Waals surface area (Å²) in [6.07, 6.45) is 4.30. The molecular formula is C17H24N4O2. The summed E-state index contributed by atoms with van der Waals surface area (Å²) in [7, 11) is 1.94. The minimum absolute atomic E-state index is 0.0790. The summed E-state index contributed by atoms with van der Waals surface area (Å²) >= 11 is 0. The molecule has 1 saturated heterocycles. The van der Waals surface area contributed by atoms with Gasteiger partial charge in [0, 0.05) is 32.1 Å². The van der Waals surface area contributed by atoms with Crippen molar-refractivity contribution in [1.82, 2.24) is 21.3 Å². The zero-order valence-electron chi connectivity index (χ0n) is 13.6. The summed E-state index contributed by atoms with van der Waals surface area (Å²) in [4.78, 5) is 0. The van der Waals surface area contributed by atoms with Gasteiger partial charge >= 0.3 is 0 Å². The Hall–Kier alpha value is -1.76. The molecule has 0 aromatic heterocycles. The quantitative estimate of drug-likeness (QED) is 0.645. The van der Waals surface area contributed by atoms with Crippen molar-refractivity contribution in [1.29, 1.82) is 0 Å². The number of aliphatic hydroxyl groups is 1. The zero-order chi connectivity index (χ0) is 16.0. The SMILES string of the molecule is C[C@H]1C[C@@](O)(c2ccc3c(c2)OCC3)C[C@@H](C2=CN(C)NN2)N1. The van der Waals surface area contributed by atoms with Gasteiger partial charge in [-0.25, -0.2) is 0 Å². The number of hydrazine groups is 2. The van der Waals surface area contributed by atoms with E-state index >= 15 is 0 Å². The Bertz CT molecular complexity index is 647. The largest absolute Gasteiger partial charge is 0.493 e. The van der Waals surface area contributed by atoms with Crippen molar-refractivity contribution in [3.8, 4) is 5.75 Å². The van der Waals surface area contributed by atoms with Crippen molar-refractivity contribution in [3.63, 3.8) is 0 Å². The van der Waals surface area contributed by atoms with Gasteiger partial charge in [0.15, 0.2) is 0 Å². The van der Waals surface area contributed by atoms with E-state index in [0.29, 0.717) is 12.8 Å². The van der Waals surface area contributed by atoms with Gasteiger partial charge in [-0.1, -0.05) is 12.1 Å². The lowest BCUT2D eigenvalue weighted by molar-refractivity contribution is -0.0183. The predicted octanol–water partition coefficient (Wildman–Crippen LogP) is 0.746. The van der Waals surface area contributed by atoms with Crippen LogP contribution >= 0.6 is 0 Å². The molecule has 0 radical (unpaired) electrons. The highest BCUT2D eigenvalue weighted by Gasteiger charge is 2.41.